The Hall–Kier alpha value is -1.38. The van der Waals surface area contributed by atoms with Gasteiger partial charge in [-0.1, -0.05) is 26.0 Å². The second-order valence-electron chi connectivity index (χ2n) is 6.50. The second kappa shape index (κ2) is 5.94. The predicted molar refractivity (Wildman–Crippen MR) is 78.1 cm³/mol. The zero-order chi connectivity index (χ0) is 14.8. The zero-order valence-corrected chi connectivity index (χ0v) is 12.6. The lowest BCUT2D eigenvalue weighted by Gasteiger charge is -2.09. The van der Waals surface area contributed by atoms with Gasteiger partial charge in [-0.05, 0) is 48.2 Å². The van der Waals surface area contributed by atoms with Crippen LogP contribution in [0.4, 0.5) is 0 Å². The molecule has 0 heterocycles. The molecule has 0 aromatic carbocycles. The number of ether oxygens (including phenoxy) is 1. The molecule has 0 spiro atoms. The van der Waals surface area contributed by atoms with Crippen LogP contribution in [0.15, 0.2) is 23.8 Å². The number of allylic oxidation sites excluding steroid dienone is 3. The summed E-state index contributed by atoms with van der Waals surface area (Å²) in [7, 11) is 0. The van der Waals surface area contributed by atoms with E-state index in [0.29, 0.717) is 30.3 Å². The molecule has 0 aromatic rings. The van der Waals surface area contributed by atoms with Crippen molar-refractivity contribution in [3.8, 4) is 0 Å². The monoisotopic (exact) mass is 276 g/mol. The van der Waals surface area contributed by atoms with Gasteiger partial charge in [0.2, 0.25) is 0 Å². The van der Waals surface area contributed by atoms with Crippen molar-refractivity contribution in [3.05, 3.63) is 23.8 Å². The molecule has 2 rings (SSSR count). The maximum Gasteiger partial charge on any atom is 0.302 e. The molecule has 0 unspecified atom stereocenters. The van der Waals surface area contributed by atoms with E-state index >= 15 is 0 Å². The van der Waals surface area contributed by atoms with E-state index < -0.39 is 0 Å². The Bertz CT molecular complexity index is 457. The third kappa shape index (κ3) is 3.59. The van der Waals surface area contributed by atoms with E-state index in [1.165, 1.54) is 6.92 Å². The molecule has 1 saturated carbocycles. The Morgan fingerprint density at radius 2 is 2.15 bits per heavy atom. The van der Waals surface area contributed by atoms with Gasteiger partial charge in [-0.25, -0.2) is 0 Å². The summed E-state index contributed by atoms with van der Waals surface area (Å²) in [5.74, 6) is 1.09. The highest BCUT2D eigenvalue weighted by atomic mass is 16.5. The minimum absolute atomic E-state index is 0.191. The van der Waals surface area contributed by atoms with E-state index in [0.717, 1.165) is 24.8 Å². The van der Waals surface area contributed by atoms with Gasteiger partial charge in [0, 0.05) is 13.3 Å². The molecule has 0 saturated heterocycles. The fourth-order valence-corrected chi connectivity index (χ4v) is 3.20. The van der Waals surface area contributed by atoms with Crippen molar-refractivity contribution in [2.45, 2.75) is 46.5 Å². The predicted octanol–water partition coefficient (Wildman–Crippen LogP) is 3.45. The molecule has 0 bridgehead atoms. The molecular formula is C17H24O3. The molecule has 3 nitrogen and oxygen atoms in total. The molecule has 110 valence electrons. The van der Waals surface area contributed by atoms with Crippen LogP contribution >= 0.6 is 0 Å². The Morgan fingerprint density at radius 1 is 1.40 bits per heavy atom. The summed E-state index contributed by atoms with van der Waals surface area (Å²) in [5.41, 5.74) is 1.44. The average Bonchev–Trinajstić information content (AvgIpc) is 2.90. The summed E-state index contributed by atoms with van der Waals surface area (Å²) in [6, 6.07) is 0. The molecule has 1 fully saturated rings. The molecular weight excluding hydrogens is 252 g/mol. The Kier molecular flexibility index (Phi) is 4.46. The van der Waals surface area contributed by atoms with E-state index in [2.05, 4.69) is 26.0 Å². The molecule has 2 aliphatic carbocycles. The van der Waals surface area contributed by atoms with E-state index in [4.69, 9.17) is 4.74 Å². The number of esters is 1. The molecule has 0 amide bonds. The van der Waals surface area contributed by atoms with Crippen LogP contribution in [0.1, 0.15) is 46.5 Å². The normalized spacial score (nSPS) is 33.1. The molecule has 2 atom stereocenters. The maximum absolute atomic E-state index is 11.8. The number of hydrogen-bond acceptors (Lipinski definition) is 3. The van der Waals surface area contributed by atoms with E-state index in [1.807, 2.05) is 0 Å². The molecule has 20 heavy (non-hydrogen) atoms. The van der Waals surface area contributed by atoms with E-state index in [-0.39, 0.29) is 11.8 Å². The first-order chi connectivity index (χ1) is 9.41. The van der Waals surface area contributed by atoms with Crippen LogP contribution in [0.2, 0.25) is 0 Å². The quantitative estimate of drug-likeness (QED) is 0.573. The Labute approximate surface area is 121 Å². The lowest BCUT2D eigenvalue weighted by molar-refractivity contribution is -0.140. The molecule has 0 aliphatic heterocycles. The van der Waals surface area contributed by atoms with Crippen LogP contribution in [-0.4, -0.2) is 18.4 Å². The largest absolute Gasteiger partial charge is 0.461 e. The molecule has 0 aromatic heterocycles. The van der Waals surface area contributed by atoms with Crippen LogP contribution in [0.25, 0.3) is 0 Å². The highest BCUT2D eigenvalue weighted by Crippen LogP contribution is 2.61. The Morgan fingerprint density at radius 3 is 2.85 bits per heavy atom. The Balaban J connectivity index is 2.04. The lowest BCUT2D eigenvalue weighted by atomic mass is 10.0. The second-order valence-corrected chi connectivity index (χ2v) is 6.50. The first-order valence-electron chi connectivity index (χ1n) is 7.43. The summed E-state index contributed by atoms with van der Waals surface area (Å²) in [6.07, 6.45) is 9.27. The van der Waals surface area contributed by atoms with Gasteiger partial charge in [-0.2, -0.15) is 0 Å². The standard InChI is InChI=1S/C17H24O3/c1-12(18)20-11-13-5-4-6-14(19)8-10-16-15(9-7-13)17(16,2)3/h5,8,10,15-16H,4,6-7,9,11H2,1-3H3/b10-8-,13-5+/t15-,16+/m1/s1. The van der Waals surface area contributed by atoms with Crippen molar-refractivity contribution in [1.82, 2.24) is 0 Å². The van der Waals surface area contributed by atoms with Crippen molar-refractivity contribution >= 4 is 11.8 Å². The zero-order valence-electron chi connectivity index (χ0n) is 12.6. The SMILES string of the molecule is CC(=O)OC/C1=C/CCC(=O)/C=C\[C@H]2[C@@H](CC1)C2(C)C. The molecule has 2 aliphatic rings. The van der Waals surface area contributed by atoms with Gasteiger partial charge < -0.3 is 4.74 Å². The highest BCUT2D eigenvalue weighted by Gasteiger charge is 2.55. The van der Waals surface area contributed by atoms with Gasteiger partial charge in [-0.15, -0.1) is 0 Å². The average molecular weight is 276 g/mol. The summed E-state index contributed by atoms with van der Waals surface area (Å²) >= 11 is 0. The van der Waals surface area contributed by atoms with Crippen molar-refractivity contribution in [1.29, 1.82) is 0 Å². The summed E-state index contributed by atoms with van der Waals surface area (Å²) in [5, 5.41) is 0. The third-order valence-electron chi connectivity index (χ3n) is 4.69. The van der Waals surface area contributed by atoms with Crippen molar-refractivity contribution < 1.29 is 14.3 Å². The summed E-state index contributed by atoms with van der Waals surface area (Å²) < 4.78 is 5.10. The number of carbonyl (C=O) groups excluding carboxylic acids is 2. The van der Waals surface area contributed by atoms with Crippen LogP contribution < -0.4 is 0 Å². The van der Waals surface area contributed by atoms with Gasteiger partial charge in [-0.3, -0.25) is 9.59 Å². The topological polar surface area (TPSA) is 43.4 Å². The first kappa shape index (κ1) is 15.0. The third-order valence-corrected chi connectivity index (χ3v) is 4.69. The van der Waals surface area contributed by atoms with Crippen molar-refractivity contribution in [2.75, 3.05) is 6.61 Å². The number of fused-ring (bicyclic) bond motifs is 1. The van der Waals surface area contributed by atoms with Gasteiger partial charge in [0.25, 0.3) is 0 Å². The fourth-order valence-electron chi connectivity index (χ4n) is 3.20. The van der Waals surface area contributed by atoms with Gasteiger partial charge in [0.1, 0.15) is 6.61 Å². The van der Waals surface area contributed by atoms with Gasteiger partial charge >= 0.3 is 5.97 Å². The van der Waals surface area contributed by atoms with E-state index in [9.17, 15) is 9.59 Å². The van der Waals surface area contributed by atoms with Crippen LogP contribution in [-0.2, 0) is 14.3 Å². The number of ketones is 1. The maximum atomic E-state index is 11.8. The molecule has 3 heteroatoms. The van der Waals surface area contributed by atoms with Gasteiger partial charge in [0.15, 0.2) is 5.78 Å². The summed E-state index contributed by atoms with van der Waals surface area (Å²) in [6.45, 7) is 6.32. The van der Waals surface area contributed by atoms with Gasteiger partial charge in [0.05, 0.1) is 0 Å². The number of rotatable bonds is 2. The minimum Gasteiger partial charge on any atom is -0.461 e. The van der Waals surface area contributed by atoms with Crippen molar-refractivity contribution in [3.63, 3.8) is 0 Å². The number of carbonyl (C=O) groups is 2. The minimum atomic E-state index is -0.248. The lowest BCUT2D eigenvalue weighted by Crippen LogP contribution is -2.04. The molecule has 0 radical (unpaired) electrons. The fraction of sp³-hybridized carbons (Fsp3) is 0.647. The summed E-state index contributed by atoms with van der Waals surface area (Å²) in [4.78, 5) is 22.7. The van der Waals surface area contributed by atoms with E-state index in [1.54, 1.807) is 6.08 Å². The van der Waals surface area contributed by atoms with Crippen LogP contribution in [0, 0.1) is 17.3 Å². The van der Waals surface area contributed by atoms with Crippen molar-refractivity contribution in [2.24, 2.45) is 17.3 Å². The van der Waals surface area contributed by atoms with Crippen LogP contribution in [0.5, 0.6) is 0 Å². The molecule has 0 N–H and O–H groups in total. The number of hydrogen-bond donors (Lipinski definition) is 0. The highest BCUT2D eigenvalue weighted by molar-refractivity contribution is 5.89. The van der Waals surface area contributed by atoms with Crippen LogP contribution in [0.3, 0.4) is 0 Å². The first-order valence-corrected chi connectivity index (χ1v) is 7.43. The smallest absolute Gasteiger partial charge is 0.302 e.